The number of anilines is 1. The molecular formula is C24H43NOPY+. The maximum absolute atomic E-state index is 13.4. The van der Waals surface area contributed by atoms with E-state index in [2.05, 4.69) is 65.9 Å². The Bertz CT molecular complexity index is 557. The zero-order valence-corrected chi connectivity index (χ0v) is 23.3. The van der Waals surface area contributed by atoms with Gasteiger partial charge in [0.25, 0.3) is 5.91 Å². The summed E-state index contributed by atoms with van der Waals surface area (Å²) in [7, 11) is -1.28. The number of nitrogens with one attached hydrogen (secondary N) is 1. The molecule has 0 heterocycles. The third kappa shape index (κ3) is 8.16. The number of benzene rings is 1. The summed E-state index contributed by atoms with van der Waals surface area (Å²) in [5, 5.41) is 3.33. The molecule has 0 bridgehead atoms. The summed E-state index contributed by atoms with van der Waals surface area (Å²) in [6, 6.07) is 4.34. The van der Waals surface area contributed by atoms with Crippen molar-refractivity contribution in [2.45, 2.75) is 92.7 Å². The normalized spacial score (nSPS) is 12.4. The van der Waals surface area contributed by atoms with Gasteiger partial charge in [-0.15, -0.1) is 0 Å². The molecule has 28 heavy (non-hydrogen) atoms. The Labute approximate surface area is 200 Å². The largest absolute Gasteiger partial charge is 0.322 e. The topological polar surface area (TPSA) is 29.1 Å². The van der Waals surface area contributed by atoms with E-state index in [4.69, 9.17) is 0 Å². The van der Waals surface area contributed by atoms with Crippen molar-refractivity contribution in [3.05, 3.63) is 28.8 Å². The number of hydrogen-bond acceptors (Lipinski definition) is 1. The van der Waals surface area contributed by atoms with Gasteiger partial charge in [-0.2, -0.15) is 0 Å². The summed E-state index contributed by atoms with van der Waals surface area (Å²) in [5.41, 5.74) is 4.78. The van der Waals surface area contributed by atoms with E-state index in [0.717, 1.165) is 5.69 Å². The van der Waals surface area contributed by atoms with Crippen molar-refractivity contribution in [2.75, 3.05) is 23.8 Å². The van der Waals surface area contributed by atoms with Crippen molar-refractivity contribution in [3.8, 4) is 0 Å². The average molecular weight is 481 g/mol. The molecule has 0 fully saturated rings. The third-order valence-electron chi connectivity index (χ3n) is 6.00. The van der Waals surface area contributed by atoms with E-state index in [0.29, 0.717) is 0 Å². The first-order valence-electron chi connectivity index (χ1n) is 11.1. The minimum absolute atomic E-state index is 0. The van der Waals surface area contributed by atoms with Gasteiger partial charge in [-0.05, 0) is 58.1 Å². The summed E-state index contributed by atoms with van der Waals surface area (Å²) in [6.45, 7) is 15.4. The molecule has 1 aromatic carbocycles. The van der Waals surface area contributed by atoms with Crippen LogP contribution in [-0.4, -0.2) is 30.1 Å². The summed E-state index contributed by atoms with van der Waals surface area (Å²) < 4.78 is 0. The van der Waals surface area contributed by atoms with Crippen LogP contribution in [0.3, 0.4) is 0 Å². The van der Waals surface area contributed by atoms with Crippen molar-refractivity contribution in [1.29, 1.82) is 0 Å². The second kappa shape index (κ2) is 14.3. The predicted molar refractivity (Wildman–Crippen MR) is 125 cm³/mol. The molecule has 0 aliphatic rings. The monoisotopic (exact) mass is 481 g/mol. The zero-order chi connectivity index (χ0) is 20.4. The molecule has 1 rings (SSSR count). The van der Waals surface area contributed by atoms with E-state index in [1.54, 1.807) is 0 Å². The maximum atomic E-state index is 13.4. The van der Waals surface area contributed by atoms with Gasteiger partial charge in [0.2, 0.25) is 0 Å². The van der Waals surface area contributed by atoms with Crippen LogP contribution < -0.4 is 5.32 Å². The van der Waals surface area contributed by atoms with E-state index in [1.807, 2.05) is 0 Å². The van der Waals surface area contributed by atoms with Gasteiger partial charge in [0.1, 0.15) is 5.66 Å². The van der Waals surface area contributed by atoms with E-state index in [-0.39, 0.29) is 44.3 Å². The number of carbonyl (C=O) groups excluding carboxylic acids is 1. The van der Waals surface area contributed by atoms with Crippen molar-refractivity contribution in [2.24, 2.45) is 0 Å². The fourth-order valence-corrected chi connectivity index (χ4v) is 9.42. The first-order chi connectivity index (χ1) is 12.8. The zero-order valence-electron chi connectivity index (χ0n) is 19.5. The van der Waals surface area contributed by atoms with Crippen LogP contribution in [0.2, 0.25) is 0 Å². The summed E-state index contributed by atoms with van der Waals surface area (Å²) in [6.07, 6.45) is 11.3. The molecule has 1 aromatic rings. The molecule has 2 nitrogen and oxygen atoms in total. The second-order valence-electron chi connectivity index (χ2n) is 8.39. The van der Waals surface area contributed by atoms with Crippen LogP contribution in [0.1, 0.15) is 82.9 Å². The number of unbranched alkanes of at least 4 members (excludes halogenated alkanes) is 3. The molecule has 0 spiro atoms. The van der Waals surface area contributed by atoms with Crippen molar-refractivity contribution in [1.82, 2.24) is 0 Å². The fraction of sp³-hybridized carbons (Fsp3) is 0.708. The van der Waals surface area contributed by atoms with E-state index in [9.17, 15) is 4.79 Å². The number of carbonyl (C=O) groups is 1. The number of amides is 1. The predicted octanol–water partition coefficient (Wildman–Crippen LogP) is 7.35. The van der Waals surface area contributed by atoms with Gasteiger partial charge >= 0.3 is 0 Å². The molecule has 1 radical (unpaired) electrons. The van der Waals surface area contributed by atoms with Crippen LogP contribution >= 0.6 is 7.26 Å². The Morgan fingerprint density at radius 3 is 1.64 bits per heavy atom. The molecule has 0 aromatic heterocycles. The first-order valence-corrected chi connectivity index (χ1v) is 13.5. The van der Waals surface area contributed by atoms with Gasteiger partial charge < -0.3 is 5.32 Å². The van der Waals surface area contributed by atoms with E-state index < -0.39 is 7.26 Å². The Hall–Kier alpha value is 0.224. The minimum atomic E-state index is -1.28. The van der Waals surface area contributed by atoms with E-state index >= 15 is 0 Å². The van der Waals surface area contributed by atoms with Gasteiger partial charge in [0.15, 0.2) is 0 Å². The standard InChI is InChI=1S/C24H42NOP.Y/c1-8-11-14-27(15-12-9-2,16-13-10-3)22(7)24(26)25-23-20(5)17-19(4)18-21(23)6;/h17-18,22H,8-16H2,1-7H3;/p+1. The van der Waals surface area contributed by atoms with Crippen LogP contribution in [0.5, 0.6) is 0 Å². The fourth-order valence-electron chi connectivity index (χ4n) is 4.19. The molecule has 0 saturated heterocycles. The van der Waals surface area contributed by atoms with Gasteiger partial charge in [-0.1, -0.05) is 57.7 Å². The van der Waals surface area contributed by atoms with E-state index in [1.165, 1.54) is 73.7 Å². The Morgan fingerprint density at radius 2 is 1.29 bits per heavy atom. The van der Waals surface area contributed by atoms with Crippen LogP contribution in [0.15, 0.2) is 12.1 Å². The molecule has 0 saturated carbocycles. The molecule has 157 valence electrons. The smallest absolute Gasteiger partial charge is 0.264 e. The molecule has 4 heteroatoms. The first kappa shape index (κ1) is 28.2. The molecule has 1 atom stereocenters. The van der Waals surface area contributed by atoms with Crippen LogP contribution in [0.25, 0.3) is 0 Å². The van der Waals surface area contributed by atoms with Gasteiger partial charge in [0.05, 0.1) is 18.5 Å². The molecule has 1 amide bonds. The number of hydrogen-bond donors (Lipinski definition) is 1. The minimum Gasteiger partial charge on any atom is -0.322 e. The Morgan fingerprint density at radius 1 is 0.893 bits per heavy atom. The molecule has 1 N–H and O–H groups in total. The number of rotatable bonds is 12. The summed E-state index contributed by atoms with van der Waals surface area (Å²) in [5.74, 6) is 0.252. The SMILES string of the molecule is CCCC[P+](CCCC)(CCCC)C(C)C(=O)Nc1c(C)cc(C)cc1C.[Y]. The van der Waals surface area contributed by atoms with Crippen LogP contribution in [0, 0.1) is 20.8 Å². The average Bonchev–Trinajstić information content (AvgIpc) is 2.63. The van der Waals surface area contributed by atoms with Crippen molar-refractivity contribution < 1.29 is 37.5 Å². The van der Waals surface area contributed by atoms with Gasteiger partial charge in [-0.25, -0.2) is 0 Å². The molecule has 0 aliphatic heterocycles. The molecule has 0 aliphatic carbocycles. The van der Waals surface area contributed by atoms with Gasteiger partial charge in [0, 0.05) is 45.7 Å². The van der Waals surface area contributed by atoms with Crippen LogP contribution in [0.4, 0.5) is 5.69 Å². The van der Waals surface area contributed by atoms with Crippen LogP contribution in [-0.2, 0) is 37.5 Å². The van der Waals surface area contributed by atoms with Gasteiger partial charge in [-0.3, -0.25) is 4.79 Å². The Balaban J connectivity index is 0.00000729. The number of aryl methyl sites for hydroxylation is 3. The molecule has 1 unspecified atom stereocenters. The Kier molecular flexibility index (Phi) is 14.4. The molecular weight excluding hydrogens is 438 g/mol. The second-order valence-corrected chi connectivity index (χ2v) is 12.9. The van der Waals surface area contributed by atoms with Crippen molar-refractivity contribution in [3.63, 3.8) is 0 Å². The summed E-state index contributed by atoms with van der Waals surface area (Å²) in [4.78, 5) is 13.4. The maximum Gasteiger partial charge on any atom is 0.264 e. The van der Waals surface area contributed by atoms with Crippen molar-refractivity contribution >= 4 is 18.9 Å². The third-order valence-corrected chi connectivity index (χ3v) is 11.5. The quantitative estimate of drug-likeness (QED) is 0.311. The summed E-state index contributed by atoms with van der Waals surface area (Å²) >= 11 is 0.